The molecule has 1 N–H and O–H groups in total. The Balaban J connectivity index is 1.98. The predicted octanol–water partition coefficient (Wildman–Crippen LogP) is 4.06. The first-order chi connectivity index (χ1) is 9.99. The molecule has 114 valence electrons. The molecule has 0 atom stereocenters. The number of aromatic nitrogens is 1. The Bertz CT molecular complexity index is 565. The second kappa shape index (κ2) is 6.89. The summed E-state index contributed by atoms with van der Waals surface area (Å²) < 4.78 is 5.23. The van der Waals surface area contributed by atoms with Gasteiger partial charge in [0.25, 0.3) is 5.91 Å². The van der Waals surface area contributed by atoms with Crippen LogP contribution in [0.2, 0.25) is 0 Å². The van der Waals surface area contributed by atoms with E-state index in [1.807, 2.05) is 17.5 Å². The molecule has 5 heteroatoms. The molecule has 4 nitrogen and oxygen atoms in total. The number of rotatable bonds is 6. The number of nitrogens with zero attached hydrogens (tertiary/aromatic N) is 1. The quantitative estimate of drug-likeness (QED) is 0.875. The first-order valence-corrected chi connectivity index (χ1v) is 8.15. The van der Waals surface area contributed by atoms with Crippen molar-refractivity contribution in [3.8, 4) is 10.6 Å². The van der Waals surface area contributed by atoms with Gasteiger partial charge in [-0.2, -0.15) is 0 Å². The van der Waals surface area contributed by atoms with E-state index in [9.17, 15) is 4.79 Å². The predicted molar refractivity (Wildman–Crippen MR) is 85.3 cm³/mol. The molecule has 2 aromatic heterocycles. The Labute approximate surface area is 129 Å². The van der Waals surface area contributed by atoms with E-state index in [0.29, 0.717) is 35.8 Å². The van der Waals surface area contributed by atoms with Crippen molar-refractivity contribution < 1.29 is 9.32 Å². The molecule has 0 spiro atoms. The van der Waals surface area contributed by atoms with Crippen LogP contribution in [0, 0.1) is 17.8 Å². The first kappa shape index (κ1) is 15.8. The Morgan fingerprint density at radius 3 is 2.62 bits per heavy atom. The van der Waals surface area contributed by atoms with Crippen molar-refractivity contribution in [1.29, 1.82) is 0 Å². The molecule has 0 unspecified atom stereocenters. The van der Waals surface area contributed by atoms with Gasteiger partial charge in [-0.15, -0.1) is 11.3 Å². The molecule has 0 bridgehead atoms. The molecule has 0 aliphatic heterocycles. The second-order valence-electron chi connectivity index (χ2n) is 5.92. The molecule has 0 saturated carbocycles. The van der Waals surface area contributed by atoms with Gasteiger partial charge >= 0.3 is 0 Å². The average Bonchev–Trinajstić information content (AvgIpc) is 3.08. The van der Waals surface area contributed by atoms with Crippen molar-refractivity contribution in [3.63, 3.8) is 0 Å². The van der Waals surface area contributed by atoms with Crippen molar-refractivity contribution >= 4 is 17.2 Å². The maximum absolute atomic E-state index is 12.1. The maximum Gasteiger partial charge on any atom is 0.273 e. The molecule has 2 heterocycles. The van der Waals surface area contributed by atoms with E-state index in [1.165, 1.54) is 0 Å². The van der Waals surface area contributed by atoms with Gasteiger partial charge in [-0.25, -0.2) is 0 Å². The number of carbonyl (C=O) groups excluding carboxylic acids is 1. The minimum atomic E-state index is -0.173. The summed E-state index contributed by atoms with van der Waals surface area (Å²) in [7, 11) is 0. The van der Waals surface area contributed by atoms with E-state index in [0.717, 1.165) is 4.88 Å². The fourth-order valence-electron chi connectivity index (χ4n) is 2.46. The van der Waals surface area contributed by atoms with Crippen LogP contribution in [-0.4, -0.2) is 17.6 Å². The summed E-state index contributed by atoms with van der Waals surface area (Å²) in [5, 5.41) is 8.79. The molecule has 0 aliphatic carbocycles. The smallest absolute Gasteiger partial charge is 0.273 e. The van der Waals surface area contributed by atoms with Crippen LogP contribution in [-0.2, 0) is 0 Å². The number of thiophene rings is 1. The van der Waals surface area contributed by atoms with Gasteiger partial charge in [-0.3, -0.25) is 4.79 Å². The SMILES string of the molecule is CC(C)C(CNC(=O)c1cc(-c2cccs2)on1)C(C)C. The molecular formula is C16H22N2O2S. The molecule has 1 amide bonds. The van der Waals surface area contributed by atoms with Crippen LogP contribution in [0.15, 0.2) is 28.1 Å². The largest absolute Gasteiger partial charge is 0.355 e. The third-order valence-corrected chi connectivity index (χ3v) is 4.60. The average molecular weight is 306 g/mol. The van der Waals surface area contributed by atoms with Crippen LogP contribution in [0.25, 0.3) is 10.6 Å². The molecule has 0 saturated heterocycles. The monoisotopic (exact) mass is 306 g/mol. The van der Waals surface area contributed by atoms with Gasteiger partial charge in [-0.05, 0) is 29.2 Å². The summed E-state index contributed by atoms with van der Waals surface area (Å²) in [5.41, 5.74) is 0.338. The topological polar surface area (TPSA) is 55.1 Å². The van der Waals surface area contributed by atoms with Crippen LogP contribution in [0.4, 0.5) is 0 Å². The van der Waals surface area contributed by atoms with E-state index in [4.69, 9.17) is 4.52 Å². The molecule has 0 aliphatic rings. The van der Waals surface area contributed by atoms with Gasteiger partial charge < -0.3 is 9.84 Å². The van der Waals surface area contributed by atoms with Gasteiger partial charge in [0.15, 0.2) is 11.5 Å². The lowest BCUT2D eigenvalue weighted by atomic mass is 9.85. The highest BCUT2D eigenvalue weighted by Crippen LogP contribution is 2.25. The molecule has 0 radical (unpaired) electrons. The molecule has 2 rings (SSSR count). The molecular weight excluding hydrogens is 284 g/mol. The van der Waals surface area contributed by atoms with Gasteiger partial charge in [0.2, 0.25) is 0 Å². The molecule has 0 fully saturated rings. The standard InChI is InChI=1S/C16H22N2O2S/c1-10(2)12(11(3)4)9-17-16(19)13-8-14(20-18-13)15-6-5-7-21-15/h5-8,10-12H,9H2,1-4H3,(H,17,19). The lowest BCUT2D eigenvalue weighted by Gasteiger charge is -2.24. The summed E-state index contributed by atoms with van der Waals surface area (Å²) in [6.07, 6.45) is 0. The van der Waals surface area contributed by atoms with Gasteiger partial charge in [0.1, 0.15) is 0 Å². The zero-order valence-corrected chi connectivity index (χ0v) is 13.7. The lowest BCUT2D eigenvalue weighted by Crippen LogP contribution is -2.34. The fraction of sp³-hybridized carbons (Fsp3) is 0.500. The van der Waals surface area contributed by atoms with E-state index in [1.54, 1.807) is 17.4 Å². The van der Waals surface area contributed by atoms with E-state index in [-0.39, 0.29) is 5.91 Å². The van der Waals surface area contributed by atoms with Crippen LogP contribution in [0.5, 0.6) is 0 Å². The minimum Gasteiger partial charge on any atom is -0.355 e. The van der Waals surface area contributed by atoms with Crippen LogP contribution in [0.1, 0.15) is 38.2 Å². The van der Waals surface area contributed by atoms with Crippen molar-refractivity contribution in [2.75, 3.05) is 6.54 Å². The number of hydrogen-bond donors (Lipinski definition) is 1. The first-order valence-electron chi connectivity index (χ1n) is 7.27. The van der Waals surface area contributed by atoms with Crippen molar-refractivity contribution in [1.82, 2.24) is 10.5 Å². The summed E-state index contributed by atoms with van der Waals surface area (Å²) in [6, 6.07) is 5.58. The highest BCUT2D eigenvalue weighted by atomic mass is 32.1. The number of nitrogens with one attached hydrogen (secondary N) is 1. The van der Waals surface area contributed by atoms with Gasteiger partial charge in [0, 0.05) is 12.6 Å². The molecule has 21 heavy (non-hydrogen) atoms. The summed E-state index contributed by atoms with van der Waals surface area (Å²) in [5.74, 6) is 1.98. The third kappa shape index (κ3) is 3.94. The Morgan fingerprint density at radius 1 is 1.33 bits per heavy atom. The number of carbonyl (C=O) groups is 1. The van der Waals surface area contributed by atoms with Gasteiger partial charge in [-0.1, -0.05) is 38.9 Å². The Morgan fingerprint density at radius 2 is 2.05 bits per heavy atom. The van der Waals surface area contributed by atoms with Crippen LogP contribution < -0.4 is 5.32 Å². The zero-order chi connectivity index (χ0) is 15.4. The van der Waals surface area contributed by atoms with Crippen molar-refractivity contribution in [2.45, 2.75) is 27.7 Å². The number of hydrogen-bond acceptors (Lipinski definition) is 4. The molecule has 2 aromatic rings. The summed E-state index contributed by atoms with van der Waals surface area (Å²) in [4.78, 5) is 13.1. The fourth-order valence-corrected chi connectivity index (χ4v) is 3.13. The third-order valence-electron chi connectivity index (χ3n) is 3.72. The highest BCUT2D eigenvalue weighted by molar-refractivity contribution is 7.13. The minimum absolute atomic E-state index is 0.173. The summed E-state index contributed by atoms with van der Waals surface area (Å²) >= 11 is 1.56. The van der Waals surface area contributed by atoms with Crippen molar-refractivity contribution in [3.05, 3.63) is 29.3 Å². The van der Waals surface area contributed by atoms with E-state index < -0.39 is 0 Å². The zero-order valence-electron chi connectivity index (χ0n) is 12.9. The van der Waals surface area contributed by atoms with E-state index in [2.05, 4.69) is 38.2 Å². The summed E-state index contributed by atoms with van der Waals surface area (Å²) in [6.45, 7) is 9.39. The molecule has 0 aromatic carbocycles. The highest BCUT2D eigenvalue weighted by Gasteiger charge is 2.20. The Kier molecular flexibility index (Phi) is 5.17. The van der Waals surface area contributed by atoms with Crippen LogP contribution >= 0.6 is 11.3 Å². The second-order valence-corrected chi connectivity index (χ2v) is 6.86. The Hall–Kier alpha value is -1.62. The van der Waals surface area contributed by atoms with Crippen molar-refractivity contribution in [2.24, 2.45) is 17.8 Å². The number of amides is 1. The van der Waals surface area contributed by atoms with Crippen LogP contribution in [0.3, 0.4) is 0 Å². The normalized spacial score (nSPS) is 11.6. The maximum atomic E-state index is 12.1. The van der Waals surface area contributed by atoms with E-state index >= 15 is 0 Å². The van der Waals surface area contributed by atoms with Gasteiger partial charge in [0.05, 0.1) is 4.88 Å². The lowest BCUT2D eigenvalue weighted by molar-refractivity contribution is 0.0928.